The van der Waals surface area contributed by atoms with Gasteiger partial charge in [-0.1, -0.05) is 58.4 Å². The number of carbonyl (C=O) groups is 3. The molecule has 0 heterocycles. The van der Waals surface area contributed by atoms with Gasteiger partial charge in [0.25, 0.3) is 0 Å². The summed E-state index contributed by atoms with van der Waals surface area (Å²) in [7, 11) is 0. The maximum absolute atomic E-state index is 12.5. The zero-order chi connectivity index (χ0) is 18.9. The molecule has 0 unspecified atom stereocenters. The van der Waals surface area contributed by atoms with Crippen molar-refractivity contribution in [3.05, 3.63) is 70.2 Å². The van der Waals surface area contributed by atoms with Gasteiger partial charge < -0.3 is 5.32 Å². The minimum atomic E-state index is -0.486. The molecule has 2 rings (SSSR count). The van der Waals surface area contributed by atoms with Gasteiger partial charge in [0.05, 0.1) is 6.54 Å². The van der Waals surface area contributed by atoms with Crippen LogP contribution in [0, 0.1) is 5.92 Å². The predicted octanol–water partition coefficient (Wildman–Crippen LogP) is 3.51. The van der Waals surface area contributed by atoms with Crippen LogP contribution in [0.4, 0.5) is 0 Å². The maximum atomic E-state index is 12.5. The first kappa shape index (κ1) is 20.0. The first-order valence-corrected chi connectivity index (χ1v) is 9.30. The molecule has 0 saturated carbocycles. The molecular formula is C21H22BrNO3. The number of hydrogen-bond donors (Lipinski definition) is 1. The van der Waals surface area contributed by atoms with Gasteiger partial charge in [0.1, 0.15) is 11.6 Å². The SMILES string of the molecule is CC(=O)CNC(=O)[C@@H](CC(=O)Cc1ccc(Br)cc1)Cc1ccccc1. The molecule has 26 heavy (non-hydrogen) atoms. The number of amides is 1. The van der Waals surface area contributed by atoms with E-state index < -0.39 is 5.92 Å². The molecule has 136 valence electrons. The third kappa shape index (κ3) is 6.92. The normalized spacial score (nSPS) is 11.6. The van der Waals surface area contributed by atoms with Crippen LogP contribution in [-0.4, -0.2) is 24.0 Å². The second kappa shape index (κ2) is 10.0. The predicted molar refractivity (Wildman–Crippen MR) is 105 cm³/mol. The molecule has 0 aliphatic rings. The lowest BCUT2D eigenvalue weighted by Gasteiger charge is -2.16. The summed E-state index contributed by atoms with van der Waals surface area (Å²) in [5.74, 6) is -0.850. The summed E-state index contributed by atoms with van der Waals surface area (Å²) in [6, 6.07) is 17.2. The van der Waals surface area contributed by atoms with E-state index in [1.54, 1.807) is 0 Å². The van der Waals surface area contributed by atoms with Crippen molar-refractivity contribution in [1.29, 1.82) is 0 Å². The van der Waals surface area contributed by atoms with Crippen molar-refractivity contribution in [2.75, 3.05) is 6.54 Å². The van der Waals surface area contributed by atoms with Crippen LogP contribution in [0.5, 0.6) is 0 Å². The molecule has 0 aliphatic carbocycles. The first-order chi connectivity index (χ1) is 12.4. The molecule has 5 heteroatoms. The Labute approximate surface area is 162 Å². The van der Waals surface area contributed by atoms with Crippen molar-refractivity contribution < 1.29 is 14.4 Å². The average Bonchev–Trinajstić information content (AvgIpc) is 2.62. The highest BCUT2D eigenvalue weighted by Crippen LogP contribution is 2.16. The lowest BCUT2D eigenvalue weighted by molar-refractivity contribution is -0.130. The molecular weight excluding hydrogens is 394 g/mol. The Morgan fingerprint density at radius 1 is 0.962 bits per heavy atom. The topological polar surface area (TPSA) is 63.2 Å². The number of ketones is 2. The van der Waals surface area contributed by atoms with E-state index in [2.05, 4.69) is 21.2 Å². The Bertz CT molecular complexity index is 757. The van der Waals surface area contributed by atoms with Gasteiger partial charge in [-0.25, -0.2) is 0 Å². The lowest BCUT2D eigenvalue weighted by Crippen LogP contribution is -2.36. The zero-order valence-electron chi connectivity index (χ0n) is 14.7. The molecule has 0 bridgehead atoms. The summed E-state index contributed by atoms with van der Waals surface area (Å²) in [6.45, 7) is 1.41. The Balaban J connectivity index is 2.04. The number of nitrogens with one attached hydrogen (secondary N) is 1. The van der Waals surface area contributed by atoms with E-state index in [0.29, 0.717) is 12.8 Å². The molecule has 0 aliphatic heterocycles. The van der Waals surface area contributed by atoms with Gasteiger partial charge in [0.15, 0.2) is 0 Å². The fourth-order valence-corrected chi connectivity index (χ4v) is 2.95. The number of rotatable bonds is 9. The fraction of sp³-hybridized carbons (Fsp3) is 0.286. The highest BCUT2D eigenvalue weighted by atomic mass is 79.9. The third-order valence-corrected chi connectivity index (χ3v) is 4.52. The molecule has 2 aromatic rings. The minimum absolute atomic E-state index is 0.00577. The molecule has 1 N–H and O–H groups in total. The molecule has 0 aromatic heterocycles. The van der Waals surface area contributed by atoms with E-state index in [-0.39, 0.29) is 30.4 Å². The first-order valence-electron chi connectivity index (χ1n) is 8.51. The summed E-state index contributed by atoms with van der Waals surface area (Å²) in [4.78, 5) is 36.1. The molecule has 0 radical (unpaired) electrons. The molecule has 0 spiro atoms. The summed E-state index contributed by atoms with van der Waals surface area (Å²) < 4.78 is 0.958. The van der Waals surface area contributed by atoms with Crippen molar-refractivity contribution in [2.45, 2.75) is 26.2 Å². The quantitative estimate of drug-likeness (QED) is 0.681. The largest absolute Gasteiger partial charge is 0.349 e. The molecule has 0 fully saturated rings. The summed E-state index contributed by atoms with van der Waals surface area (Å²) >= 11 is 3.37. The van der Waals surface area contributed by atoms with E-state index in [4.69, 9.17) is 0 Å². The van der Waals surface area contributed by atoms with Gasteiger partial charge in [-0.15, -0.1) is 0 Å². The van der Waals surface area contributed by atoms with Crippen LogP contribution in [0.15, 0.2) is 59.1 Å². The van der Waals surface area contributed by atoms with Crippen LogP contribution in [-0.2, 0) is 27.2 Å². The Morgan fingerprint density at radius 2 is 1.62 bits per heavy atom. The van der Waals surface area contributed by atoms with Crippen molar-refractivity contribution in [1.82, 2.24) is 5.32 Å². The van der Waals surface area contributed by atoms with Crippen LogP contribution < -0.4 is 5.32 Å². The van der Waals surface area contributed by atoms with Crippen molar-refractivity contribution >= 4 is 33.4 Å². The second-order valence-electron chi connectivity index (χ2n) is 6.35. The summed E-state index contributed by atoms with van der Waals surface area (Å²) in [5, 5.41) is 2.63. The van der Waals surface area contributed by atoms with Crippen molar-refractivity contribution in [2.24, 2.45) is 5.92 Å². The van der Waals surface area contributed by atoms with Crippen LogP contribution in [0.25, 0.3) is 0 Å². The van der Waals surface area contributed by atoms with Crippen LogP contribution in [0.3, 0.4) is 0 Å². The number of Topliss-reactive ketones (excluding diaryl/α,β-unsaturated/α-hetero) is 2. The van der Waals surface area contributed by atoms with Crippen LogP contribution in [0.1, 0.15) is 24.5 Å². The smallest absolute Gasteiger partial charge is 0.224 e. The Kier molecular flexibility index (Phi) is 7.73. The van der Waals surface area contributed by atoms with Gasteiger partial charge in [-0.2, -0.15) is 0 Å². The monoisotopic (exact) mass is 415 g/mol. The van der Waals surface area contributed by atoms with E-state index in [9.17, 15) is 14.4 Å². The molecule has 4 nitrogen and oxygen atoms in total. The minimum Gasteiger partial charge on any atom is -0.349 e. The molecule has 1 amide bonds. The second-order valence-corrected chi connectivity index (χ2v) is 7.27. The third-order valence-electron chi connectivity index (χ3n) is 4.00. The maximum Gasteiger partial charge on any atom is 0.224 e. The fourth-order valence-electron chi connectivity index (χ4n) is 2.69. The zero-order valence-corrected chi connectivity index (χ0v) is 16.3. The molecule has 0 saturated heterocycles. The van der Waals surface area contributed by atoms with Gasteiger partial charge in [0.2, 0.25) is 5.91 Å². The van der Waals surface area contributed by atoms with Gasteiger partial charge in [0, 0.05) is 23.2 Å². The van der Waals surface area contributed by atoms with Crippen molar-refractivity contribution in [3.63, 3.8) is 0 Å². The van der Waals surface area contributed by atoms with Gasteiger partial charge in [-0.3, -0.25) is 14.4 Å². The summed E-state index contributed by atoms with van der Waals surface area (Å²) in [5.41, 5.74) is 1.91. The standard InChI is InChI=1S/C21H22BrNO3/c1-15(24)14-23-21(26)18(11-16-5-3-2-4-6-16)13-20(25)12-17-7-9-19(22)10-8-17/h2-10,18H,11-14H2,1H3,(H,23,26)/t18-/m1/s1. The van der Waals surface area contributed by atoms with E-state index >= 15 is 0 Å². The average molecular weight is 416 g/mol. The number of carbonyl (C=O) groups excluding carboxylic acids is 3. The van der Waals surface area contributed by atoms with Crippen LogP contribution in [0.2, 0.25) is 0 Å². The summed E-state index contributed by atoms with van der Waals surface area (Å²) in [6.07, 6.45) is 0.907. The number of benzene rings is 2. The number of halogens is 1. The van der Waals surface area contributed by atoms with Gasteiger partial charge in [-0.05, 0) is 36.6 Å². The van der Waals surface area contributed by atoms with E-state index in [1.165, 1.54) is 6.92 Å². The van der Waals surface area contributed by atoms with E-state index in [0.717, 1.165) is 15.6 Å². The highest BCUT2D eigenvalue weighted by molar-refractivity contribution is 9.10. The molecule has 2 aromatic carbocycles. The molecule has 1 atom stereocenters. The number of hydrogen-bond acceptors (Lipinski definition) is 3. The lowest BCUT2D eigenvalue weighted by atomic mass is 9.91. The van der Waals surface area contributed by atoms with Crippen molar-refractivity contribution in [3.8, 4) is 0 Å². The Hall–Kier alpha value is -2.27. The van der Waals surface area contributed by atoms with Crippen LogP contribution >= 0.6 is 15.9 Å². The van der Waals surface area contributed by atoms with Gasteiger partial charge >= 0.3 is 0 Å². The highest BCUT2D eigenvalue weighted by Gasteiger charge is 2.22. The Morgan fingerprint density at radius 3 is 2.23 bits per heavy atom. The van der Waals surface area contributed by atoms with E-state index in [1.807, 2.05) is 54.6 Å².